The number of ether oxygens (including phenoxy) is 2. The molecule has 2 rings (SSSR count). The molecule has 0 unspecified atom stereocenters. The van der Waals surface area contributed by atoms with Crippen molar-refractivity contribution in [3.8, 4) is 17.7 Å². The molecule has 0 bridgehead atoms. The Morgan fingerprint density at radius 1 is 1.41 bits per heavy atom. The van der Waals surface area contributed by atoms with Crippen LogP contribution in [0.15, 0.2) is 30.3 Å². The summed E-state index contributed by atoms with van der Waals surface area (Å²) in [6.07, 6.45) is 1.19. The van der Waals surface area contributed by atoms with Crippen molar-refractivity contribution in [3.05, 3.63) is 35.9 Å². The second kappa shape index (κ2) is 8.00. The van der Waals surface area contributed by atoms with Gasteiger partial charge >= 0.3 is 6.09 Å². The molecule has 0 saturated carbocycles. The fourth-order valence-corrected chi connectivity index (χ4v) is 2.26. The van der Waals surface area contributed by atoms with Crippen molar-refractivity contribution < 1.29 is 14.3 Å². The summed E-state index contributed by atoms with van der Waals surface area (Å²) in [6.45, 7) is 2.53. The minimum Gasteiger partial charge on any atom is -0.476 e. The van der Waals surface area contributed by atoms with Crippen LogP contribution < -0.4 is 14.8 Å². The number of carbonyl (C=O) groups excluding carboxylic acids is 1. The SMILES string of the molecule is CCCCOc1nsc(NC(=O)Oc2ccccc2)c1C#N. The second-order valence-corrected chi connectivity index (χ2v) is 5.11. The minimum atomic E-state index is -0.675. The van der Waals surface area contributed by atoms with Crippen molar-refractivity contribution >= 4 is 22.6 Å². The number of amides is 1. The largest absolute Gasteiger partial charge is 0.476 e. The standard InChI is InChI=1S/C15H15N3O3S/c1-2-3-9-20-13-12(10-16)14(22-18-13)17-15(19)21-11-7-5-4-6-8-11/h4-8H,2-3,9H2,1H3,(H,17,19). The molecule has 0 fully saturated rings. The van der Waals surface area contributed by atoms with Gasteiger partial charge in [0.2, 0.25) is 5.88 Å². The highest BCUT2D eigenvalue weighted by Crippen LogP contribution is 2.30. The Hall–Kier alpha value is -2.59. The third kappa shape index (κ3) is 4.20. The van der Waals surface area contributed by atoms with Crippen molar-refractivity contribution in [2.24, 2.45) is 0 Å². The molecular formula is C15H15N3O3S. The fourth-order valence-electron chi connectivity index (χ4n) is 1.58. The topological polar surface area (TPSA) is 84.2 Å². The first-order chi connectivity index (χ1) is 10.7. The lowest BCUT2D eigenvalue weighted by atomic mass is 10.3. The number of aromatic nitrogens is 1. The molecule has 2 aromatic rings. The van der Waals surface area contributed by atoms with Crippen LogP contribution >= 0.6 is 11.5 Å². The minimum absolute atomic E-state index is 0.214. The summed E-state index contributed by atoms with van der Waals surface area (Å²) in [7, 11) is 0. The van der Waals surface area contributed by atoms with Crippen LogP contribution in [0.1, 0.15) is 25.3 Å². The van der Waals surface area contributed by atoms with E-state index in [9.17, 15) is 10.1 Å². The molecule has 0 aliphatic heterocycles. The van der Waals surface area contributed by atoms with Gasteiger partial charge in [0, 0.05) is 0 Å². The van der Waals surface area contributed by atoms with Gasteiger partial charge in [-0.15, -0.1) is 0 Å². The van der Waals surface area contributed by atoms with E-state index in [1.807, 2.05) is 19.1 Å². The van der Waals surface area contributed by atoms with E-state index in [1.54, 1.807) is 24.3 Å². The molecule has 1 amide bonds. The average molecular weight is 317 g/mol. The summed E-state index contributed by atoms with van der Waals surface area (Å²) in [6, 6.07) is 10.7. The number of para-hydroxylation sites is 1. The van der Waals surface area contributed by atoms with Gasteiger partial charge in [0.25, 0.3) is 0 Å². The highest BCUT2D eigenvalue weighted by atomic mass is 32.1. The van der Waals surface area contributed by atoms with Crippen molar-refractivity contribution in [2.75, 3.05) is 11.9 Å². The molecule has 0 radical (unpaired) electrons. The Labute approximate surface area is 132 Å². The molecule has 0 aliphatic rings. The van der Waals surface area contributed by atoms with Crippen LogP contribution in [-0.4, -0.2) is 17.1 Å². The van der Waals surface area contributed by atoms with Gasteiger partial charge in [-0.05, 0) is 30.1 Å². The first-order valence-corrected chi connectivity index (χ1v) is 7.58. The molecule has 6 nitrogen and oxygen atoms in total. The van der Waals surface area contributed by atoms with Crippen LogP contribution in [0.4, 0.5) is 9.80 Å². The van der Waals surface area contributed by atoms with E-state index in [0.717, 1.165) is 24.4 Å². The molecule has 0 aliphatic carbocycles. The van der Waals surface area contributed by atoms with Gasteiger partial charge in [-0.25, -0.2) is 4.79 Å². The van der Waals surface area contributed by atoms with E-state index >= 15 is 0 Å². The lowest BCUT2D eigenvalue weighted by Crippen LogP contribution is -2.16. The molecule has 1 aromatic carbocycles. The summed E-state index contributed by atoms with van der Waals surface area (Å²) in [5, 5.41) is 12.0. The summed E-state index contributed by atoms with van der Waals surface area (Å²) in [5.41, 5.74) is 0.214. The van der Waals surface area contributed by atoms with E-state index in [1.165, 1.54) is 0 Å². The number of unbranched alkanes of at least 4 members (excludes halogenated alkanes) is 1. The number of nitrogens with one attached hydrogen (secondary N) is 1. The van der Waals surface area contributed by atoms with E-state index in [4.69, 9.17) is 9.47 Å². The summed E-state index contributed by atoms with van der Waals surface area (Å²) in [4.78, 5) is 11.8. The normalized spacial score (nSPS) is 9.82. The Morgan fingerprint density at radius 3 is 2.86 bits per heavy atom. The predicted octanol–water partition coefficient (Wildman–Crippen LogP) is 3.80. The number of anilines is 1. The number of carbonyl (C=O) groups is 1. The maximum Gasteiger partial charge on any atom is 0.417 e. The summed E-state index contributed by atoms with van der Waals surface area (Å²) in [5.74, 6) is 0.665. The smallest absolute Gasteiger partial charge is 0.417 e. The van der Waals surface area contributed by atoms with Gasteiger partial charge in [-0.2, -0.15) is 9.64 Å². The van der Waals surface area contributed by atoms with Crippen molar-refractivity contribution in [3.63, 3.8) is 0 Å². The van der Waals surface area contributed by atoms with Crippen LogP contribution in [0.25, 0.3) is 0 Å². The Bertz CT molecular complexity index is 664. The number of hydrogen-bond donors (Lipinski definition) is 1. The second-order valence-electron chi connectivity index (χ2n) is 4.33. The highest BCUT2D eigenvalue weighted by molar-refractivity contribution is 7.10. The van der Waals surface area contributed by atoms with E-state index < -0.39 is 6.09 Å². The van der Waals surface area contributed by atoms with Crippen LogP contribution in [0, 0.1) is 11.3 Å². The molecule has 0 saturated heterocycles. The Balaban J connectivity index is 2.00. The van der Waals surface area contributed by atoms with Gasteiger partial charge in [0.1, 0.15) is 16.8 Å². The molecule has 1 heterocycles. The fraction of sp³-hybridized carbons (Fsp3) is 0.267. The number of rotatable bonds is 6. The first kappa shape index (κ1) is 15.8. The van der Waals surface area contributed by atoms with Gasteiger partial charge < -0.3 is 9.47 Å². The van der Waals surface area contributed by atoms with Gasteiger partial charge in [0.15, 0.2) is 5.56 Å². The Morgan fingerprint density at radius 2 is 2.18 bits per heavy atom. The number of hydrogen-bond acceptors (Lipinski definition) is 6. The maximum atomic E-state index is 11.8. The third-order valence-corrected chi connectivity index (χ3v) is 3.42. The zero-order chi connectivity index (χ0) is 15.8. The van der Waals surface area contributed by atoms with E-state index in [0.29, 0.717) is 17.4 Å². The number of nitrogens with zero attached hydrogens (tertiary/aromatic N) is 2. The highest BCUT2D eigenvalue weighted by Gasteiger charge is 2.17. The van der Waals surface area contributed by atoms with Crippen molar-refractivity contribution in [1.29, 1.82) is 5.26 Å². The maximum absolute atomic E-state index is 11.8. The lowest BCUT2D eigenvalue weighted by molar-refractivity contribution is 0.215. The number of benzene rings is 1. The van der Waals surface area contributed by atoms with E-state index in [-0.39, 0.29) is 11.4 Å². The van der Waals surface area contributed by atoms with Gasteiger partial charge in [-0.3, -0.25) is 5.32 Å². The zero-order valence-corrected chi connectivity index (χ0v) is 12.9. The van der Waals surface area contributed by atoms with Crippen LogP contribution in [-0.2, 0) is 0 Å². The molecule has 22 heavy (non-hydrogen) atoms. The molecule has 114 valence electrons. The monoisotopic (exact) mass is 317 g/mol. The predicted molar refractivity (Wildman–Crippen MR) is 83.3 cm³/mol. The van der Waals surface area contributed by atoms with Gasteiger partial charge in [-0.1, -0.05) is 31.5 Å². The first-order valence-electron chi connectivity index (χ1n) is 6.81. The van der Waals surface area contributed by atoms with Gasteiger partial charge in [0.05, 0.1) is 6.61 Å². The molecule has 1 N–H and O–H groups in total. The average Bonchev–Trinajstić information content (AvgIpc) is 2.90. The van der Waals surface area contributed by atoms with Crippen LogP contribution in [0.2, 0.25) is 0 Å². The van der Waals surface area contributed by atoms with E-state index in [2.05, 4.69) is 9.69 Å². The molecule has 1 aromatic heterocycles. The summed E-state index contributed by atoms with van der Waals surface area (Å²) >= 11 is 0.988. The van der Waals surface area contributed by atoms with Crippen LogP contribution in [0.3, 0.4) is 0 Å². The number of nitriles is 1. The molecular weight excluding hydrogens is 302 g/mol. The zero-order valence-electron chi connectivity index (χ0n) is 12.0. The Kier molecular flexibility index (Phi) is 5.74. The van der Waals surface area contributed by atoms with Crippen LogP contribution in [0.5, 0.6) is 11.6 Å². The quantitative estimate of drug-likeness (QED) is 0.819. The summed E-state index contributed by atoms with van der Waals surface area (Å²) < 4.78 is 14.6. The van der Waals surface area contributed by atoms with Crippen molar-refractivity contribution in [2.45, 2.75) is 19.8 Å². The van der Waals surface area contributed by atoms with Crippen molar-refractivity contribution in [1.82, 2.24) is 4.37 Å². The molecule has 7 heteroatoms. The third-order valence-electron chi connectivity index (χ3n) is 2.68. The molecule has 0 spiro atoms. The lowest BCUT2D eigenvalue weighted by Gasteiger charge is -2.05. The molecule has 0 atom stereocenters.